The molecule has 0 spiro atoms. The van der Waals surface area contributed by atoms with Crippen molar-refractivity contribution in [3.8, 4) is 0 Å². The van der Waals surface area contributed by atoms with Gasteiger partial charge in [0.1, 0.15) is 0 Å². The Morgan fingerprint density at radius 3 is 1.21 bits per heavy atom. The van der Waals surface area contributed by atoms with Gasteiger partial charge < -0.3 is 0 Å². The first kappa shape index (κ1) is 31.2. The first-order valence-corrected chi connectivity index (χ1v) is 13.7. The van der Waals surface area contributed by atoms with Crippen molar-refractivity contribution in [1.82, 2.24) is 0 Å². The van der Waals surface area contributed by atoms with Gasteiger partial charge in [-0.3, -0.25) is 0 Å². The summed E-state index contributed by atoms with van der Waals surface area (Å²) in [4.78, 5) is 0. The van der Waals surface area contributed by atoms with E-state index in [1.54, 1.807) is 0 Å². The average molecular weight is 411 g/mol. The molecule has 0 aromatic heterocycles. The third-order valence-corrected chi connectivity index (χ3v) is 7.50. The van der Waals surface area contributed by atoms with E-state index in [4.69, 9.17) is 0 Å². The van der Waals surface area contributed by atoms with Crippen LogP contribution >= 0.6 is 0 Å². The summed E-state index contributed by atoms with van der Waals surface area (Å²) in [7, 11) is 0. The molecule has 0 nitrogen and oxygen atoms in total. The highest BCUT2D eigenvalue weighted by Gasteiger charge is 2.35. The SMILES string of the molecule is CCC.CCCC(CCC)C(CC)C(C)C(CC)C(C)C(CCC(C)C)C(C)C. The largest absolute Gasteiger partial charge is 0.0656 e. The van der Waals surface area contributed by atoms with Crippen LogP contribution in [0.5, 0.6) is 0 Å². The third kappa shape index (κ3) is 12.4. The highest BCUT2D eigenvalue weighted by Crippen LogP contribution is 2.43. The lowest BCUT2D eigenvalue weighted by atomic mass is 9.64. The molecule has 0 aromatic carbocycles. The minimum Gasteiger partial charge on any atom is -0.0656 e. The van der Waals surface area contributed by atoms with Crippen LogP contribution < -0.4 is 0 Å². The summed E-state index contributed by atoms with van der Waals surface area (Å²) < 4.78 is 0. The van der Waals surface area contributed by atoms with Crippen molar-refractivity contribution in [1.29, 1.82) is 0 Å². The summed E-state index contributed by atoms with van der Waals surface area (Å²) in [6, 6.07) is 0. The van der Waals surface area contributed by atoms with Crippen molar-refractivity contribution in [2.24, 2.45) is 47.3 Å². The Labute approximate surface area is 188 Å². The molecule has 0 radical (unpaired) electrons. The smallest absolute Gasteiger partial charge is 0.0360 e. The van der Waals surface area contributed by atoms with Crippen LogP contribution in [0.15, 0.2) is 0 Å². The van der Waals surface area contributed by atoms with Crippen LogP contribution in [0.2, 0.25) is 0 Å². The fraction of sp³-hybridized carbons (Fsp3) is 1.00. The molecule has 0 N–H and O–H groups in total. The van der Waals surface area contributed by atoms with Crippen molar-refractivity contribution in [2.75, 3.05) is 0 Å². The molecule has 0 heterocycles. The lowest BCUT2D eigenvalue weighted by Gasteiger charge is -2.42. The Balaban J connectivity index is 0. The zero-order valence-electron chi connectivity index (χ0n) is 23.0. The van der Waals surface area contributed by atoms with Crippen molar-refractivity contribution in [3.63, 3.8) is 0 Å². The molecular weight excluding hydrogens is 348 g/mol. The van der Waals surface area contributed by atoms with Crippen molar-refractivity contribution in [3.05, 3.63) is 0 Å². The zero-order valence-corrected chi connectivity index (χ0v) is 23.0. The van der Waals surface area contributed by atoms with E-state index < -0.39 is 0 Å². The normalized spacial score (nSPS) is 17.1. The maximum absolute atomic E-state index is 2.61. The Bertz CT molecular complexity index is 323. The second-order valence-corrected chi connectivity index (χ2v) is 10.8. The molecule has 0 aromatic rings. The Hall–Kier alpha value is 0. The Kier molecular flexibility index (Phi) is 20.2. The fourth-order valence-corrected chi connectivity index (χ4v) is 6.04. The van der Waals surface area contributed by atoms with E-state index in [0.29, 0.717) is 0 Å². The molecule has 5 unspecified atom stereocenters. The van der Waals surface area contributed by atoms with Gasteiger partial charge in [-0.2, -0.15) is 0 Å². The summed E-state index contributed by atoms with van der Waals surface area (Å²) >= 11 is 0. The van der Waals surface area contributed by atoms with E-state index in [-0.39, 0.29) is 0 Å². The monoisotopic (exact) mass is 410 g/mol. The topological polar surface area (TPSA) is 0 Å². The summed E-state index contributed by atoms with van der Waals surface area (Å²) in [5.74, 6) is 7.00. The van der Waals surface area contributed by atoms with Gasteiger partial charge in [0.15, 0.2) is 0 Å². The van der Waals surface area contributed by atoms with E-state index in [2.05, 4.69) is 83.1 Å². The van der Waals surface area contributed by atoms with Crippen molar-refractivity contribution < 1.29 is 0 Å². The molecule has 0 saturated carbocycles. The average Bonchev–Trinajstić information content (AvgIpc) is 2.63. The van der Waals surface area contributed by atoms with Gasteiger partial charge in [-0.05, 0) is 53.8 Å². The van der Waals surface area contributed by atoms with Gasteiger partial charge in [-0.25, -0.2) is 0 Å². The van der Waals surface area contributed by atoms with Gasteiger partial charge in [-0.1, -0.05) is 134 Å². The second-order valence-electron chi connectivity index (χ2n) is 10.8. The van der Waals surface area contributed by atoms with Crippen LogP contribution in [0, 0.1) is 47.3 Å². The lowest BCUT2D eigenvalue weighted by molar-refractivity contribution is 0.0742. The molecule has 0 amide bonds. The van der Waals surface area contributed by atoms with Crippen LogP contribution in [0.4, 0.5) is 0 Å². The predicted molar refractivity (Wildman–Crippen MR) is 138 cm³/mol. The minimum absolute atomic E-state index is 0.812. The van der Waals surface area contributed by atoms with E-state index in [9.17, 15) is 0 Å². The summed E-state index contributed by atoms with van der Waals surface area (Å²) in [5, 5.41) is 0. The number of hydrogen-bond donors (Lipinski definition) is 0. The number of hydrogen-bond acceptors (Lipinski definition) is 0. The first-order chi connectivity index (χ1) is 13.7. The lowest BCUT2D eigenvalue weighted by Crippen LogP contribution is -2.34. The van der Waals surface area contributed by atoms with Crippen LogP contribution in [-0.4, -0.2) is 0 Å². The maximum atomic E-state index is 2.61. The molecule has 0 bridgehead atoms. The highest BCUT2D eigenvalue weighted by molar-refractivity contribution is 4.84. The summed E-state index contributed by atoms with van der Waals surface area (Å²) in [6.07, 6.45) is 12.4. The molecule has 0 fully saturated rings. The van der Waals surface area contributed by atoms with Crippen molar-refractivity contribution in [2.45, 2.75) is 141 Å². The van der Waals surface area contributed by atoms with Crippen LogP contribution in [0.25, 0.3) is 0 Å². The highest BCUT2D eigenvalue weighted by atomic mass is 14.4. The molecule has 0 heteroatoms. The molecular formula is C29H62. The van der Waals surface area contributed by atoms with Gasteiger partial charge in [0.25, 0.3) is 0 Å². The van der Waals surface area contributed by atoms with Gasteiger partial charge in [0.2, 0.25) is 0 Å². The summed E-state index contributed by atoms with van der Waals surface area (Å²) in [6.45, 7) is 28.8. The molecule has 178 valence electrons. The third-order valence-electron chi connectivity index (χ3n) is 7.50. The van der Waals surface area contributed by atoms with E-state index in [1.165, 1.54) is 57.8 Å². The van der Waals surface area contributed by atoms with Crippen LogP contribution in [-0.2, 0) is 0 Å². The standard InChI is InChI=1S/C26H54.C3H8/c1-11-15-23(16-12-2)25(14-4)21(9)24(13-3)22(10)26(20(7)8)18-17-19(5)6;1-3-2/h19-26H,11-18H2,1-10H3;3H2,1-2H3. The summed E-state index contributed by atoms with van der Waals surface area (Å²) in [5.41, 5.74) is 0. The van der Waals surface area contributed by atoms with E-state index >= 15 is 0 Å². The maximum Gasteiger partial charge on any atom is -0.0360 e. The molecule has 0 aliphatic heterocycles. The Morgan fingerprint density at radius 1 is 0.483 bits per heavy atom. The molecule has 0 rings (SSSR count). The zero-order chi connectivity index (χ0) is 23.0. The van der Waals surface area contributed by atoms with Gasteiger partial charge in [0.05, 0.1) is 0 Å². The minimum atomic E-state index is 0.812. The van der Waals surface area contributed by atoms with Crippen molar-refractivity contribution >= 4 is 0 Å². The first-order valence-electron chi connectivity index (χ1n) is 13.7. The van der Waals surface area contributed by atoms with Crippen LogP contribution in [0.3, 0.4) is 0 Å². The molecule has 0 aliphatic carbocycles. The molecule has 5 atom stereocenters. The molecule has 0 aliphatic rings. The van der Waals surface area contributed by atoms with E-state index in [0.717, 1.165) is 47.3 Å². The van der Waals surface area contributed by atoms with Crippen LogP contribution in [0.1, 0.15) is 141 Å². The number of rotatable bonds is 15. The Morgan fingerprint density at radius 2 is 0.897 bits per heavy atom. The van der Waals surface area contributed by atoms with Gasteiger partial charge >= 0.3 is 0 Å². The fourth-order valence-electron chi connectivity index (χ4n) is 6.04. The van der Waals surface area contributed by atoms with E-state index in [1.807, 2.05) is 0 Å². The van der Waals surface area contributed by atoms with Gasteiger partial charge in [-0.15, -0.1) is 0 Å². The van der Waals surface area contributed by atoms with Gasteiger partial charge in [0, 0.05) is 0 Å². The predicted octanol–water partition coefficient (Wildman–Crippen LogP) is 10.7. The second kappa shape index (κ2) is 18.7. The molecule has 0 saturated heterocycles. The quantitative estimate of drug-likeness (QED) is 0.252. The molecule has 29 heavy (non-hydrogen) atoms.